The minimum Gasteiger partial charge on any atom is -0.481 e. The molecule has 4 N–H and O–H groups in total. The van der Waals surface area contributed by atoms with Crippen LogP contribution >= 0.6 is 0 Å². The summed E-state index contributed by atoms with van der Waals surface area (Å²) in [6, 6.07) is -1.82. The molecule has 1 unspecified atom stereocenters. The number of hydrogen-bond donors (Lipinski definition) is 4. The van der Waals surface area contributed by atoms with Crippen LogP contribution < -0.4 is 10.6 Å². The number of carbonyl (C=O) groups excluding carboxylic acids is 1. The van der Waals surface area contributed by atoms with Gasteiger partial charge in [0.2, 0.25) is 0 Å². The number of carbonyl (C=O) groups is 3. The number of aliphatic carboxylic acids is 2. The van der Waals surface area contributed by atoms with Gasteiger partial charge < -0.3 is 25.6 Å². The predicted octanol–water partition coefficient (Wildman–Crippen LogP) is 0.171. The van der Waals surface area contributed by atoms with Crippen LogP contribution in [0.25, 0.3) is 0 Å². The second kappa shape index (κ2) is 7.68. The first-order valence-corrected chi connectivity index (χ1v) is 6.55. The fraction of sp³-hybridized carbons (Fsp3) is 0.750. The molecule has 8 heteroatoms. The van der Waals surface area contributed by atoms with Gasteiger partial charge in [-0.3, -0.25) is 4.79 Å². The molecule has 1 rings (SSSR count). The molecule has 0 radical (unpaired) electrons. The van der Waals surface area contributed by atoms with Gasteiger partial charge in [0.05, 0.1) is 6.10 Å². The molecule has 0 saturated heterocycles. The SMILES string of the molecule is CCOC1CC(NC(=O)NC(CCC(=O)O)C(=O)O)C1. The molecule has 0 aromatic rings. The molecule has 1 atom stereocenters. The molecule has 1 aliphatic rings. The minimum absolute atomic E-state index is 0.0273. The number of ether oxygens (including phenoxy) is 1. The maximum Gasteiger partial charge on any atom is 0.326 e. The van der Waals surface area contributed by atoms with Crippen LogP contribution in [0.3, 0.4) is 0 Å². The summed E-state index contributed by atoms with van der Waals surface area (Å²) in [6.45, 7) is 2.52. The zero-order valence-corrected chi connectivity index (χ0v) is 11.3. The van der Waals surface area contributed by atoms with Crippen molar-refractivity contribution >= 4 is 18.0 Å². The zero-order chi connectivity index (χ0) is 15.1. The van der Waals surface area contributed by atoms with Crippen molar-refractivity contribution in [1.29, 1.82) is 0 Å². The number of rotatable bonds is 8. The summed E-state index contributed by atoms with van der Waals surface area (Å²) in [7, 11) is 0. The predicted molar refractivity (Wildman–Crippen MR) is 68.4 cm³/mol. The molecule has 0 aromatic carbocycles. The van der Waals surface area contributed by atoms with Crippen molar-refractivity contribution in [2.75, 3.05) is 6.61 Å². The zero-order valence-electron chi connectivity index (χ0n) is 11.3. The summed E-state index contributed by atoms with van der Waals surface area (Å²) in [4.78, 5) is 32.9. The highest BCUT2D eigenvalue weighted by molar-refractivity contribution is 5.83. The summed E-state index contributed by atoms with van der Waals surface area (Å²) in [6.07, 6.45) is 1.09. The van der Waals surface area contributed by atoms with Crippen LogP contribution in [-0.4, -0.2) is 53.0 Å². The van der Waals surface area contributed by atoms with Gasteiger partial charge in [0.1, 0.15) is 6.04 Å². The monoisotopic (exact) mass is 288 g/mol. The van der Waals surface area contributed by atoms with Crippen LogP contribution in [0, 0.1) is 0 Å². The summed E-state index contributed by atoms with van der Waals surface area (Å²) in [5, 5.41) is 22.3. The molecular formula is C12H20N2O6. The van der Waals surface area contributed by atoms with Gasteiger partial charge >= 0.3 is 18.0 Å². The van der Waals surface area contributed by atoms with Crippen molar-refractivity contribution in [2.24, 2.45) is 0 Å². The average molecular weight is 288 g/mol. The van der Waals surface area contributed by atoms with E-state index in [1.165, 1.54) is 0 Å². The van der Waals surface area contributed by atoms with E-state index in [2.05, 4.69) is 10.6 Å². The van der Waals surface area contributed by atoms with E-state index in [9.17, 15) is 14.4 Å². The van der Waals surface area contributed by atoms with Crippen molar-refractivity contribution in [3.8, 4) is 0 Å². The molecule has 1 saturated carbocycles. The van der Waals surface area contributed by atoms with Gasteiger partial charge in [-0.25, -0.2) is 9.59 Å². The van der Waals surface area contributed by atoms with Crippen molar-refractivity contribution < 1.29 is 29.3 Å². The lowest BCUT2D eigenvalue weighted by molar-refractivity contribution is -0.140. The number of urea groups is 1. The Bertz CT molecular complexity index is 367. The van der Waals surface area contributed by atoms with Crippen LogP contribution in [0.5, 0.6) is 0 Å². The first-order chi connectivity index (χ1) is 9.42. The molecule has 20 heavy (non-hydrogen) atoms. The van der Waals surface area contributed by atoms with Crippen LogP contribution in [0.4, 0.5) is 4.79 Å². The summed E-state index contributed by atoms with van der Waals surface area (Å²) in [5.41, 5.74) is 0. The first-order valence-electron chi connectivity index (χ1n) is 6.55. The smallest absolute Gasteiger partial charge is 0.326 e. The fourth-order valence-electron chi connectivity index (χ4n) is 1.97. The summed E-state index contributed by atoms with van der Waals surface area (Å²) in [5.74, 6) is -2.35. The van der Waals surface area contributed by atoms with E-state index in [-0.39, 0.29) is 25.0 Å². The lowest BCUT2D eigenvalue weighted by Crippen LogP contribution is -2.54. The molecule has 2 amide bonds. The van der Waals surface area contributed by atoms with Crippen molar-refractivity contribution in [2.45, 2.75) is 50.8 Å². The van der Waals surface area contributed by atoms with Gasteiger partial charge in [0, 0.05) is 19.1 Å². The summed E-state index contributed by atoms with van der Waals surface area (Å²) < 4.78 is 5.34. The molecule has 114 valence electrons. The van der Waals surface area contributed by atoms with Gasteiger partial charge in [0.25, 0.3) is 0 Å². The van der Waals surface area contributed by atoms with E-state index in [4.69, 9.17) is 14.9 Å². The Labute approximate surface area is 116 Å². The van der Waals surface area contributed by atoms with Crippen molar-refractivity contribution in [3.63, 3.8) is 0 Å². The number of carboxylic acids is 2. The highest BCUT2D eigenvalue weighted by Crippen LogP contribution is 2.22. The Kier molecular flexibility index (Phi) is 6.23. The average Bonchev–Trinajstić information content (AvgIpc) is 2.31. The third-order valence-electron chi connectivity index (χ3n) is 3.08. The maximum atomic E-state index is 11.6. The highest BCUT2D eigenvalue weighted by Gasteiger charge is 2.31. The number of hydrogen-bond acceptors (Lipinski definition) is 4. The van der Waals surface area contributed by atoms with E-state index >= 15 is 0 Å². The van der Waals surface area contributed by atoms with Gasteiger partial charge in [-0.1, -0.05) is 0 Å². The van der Waals surface area contributed by atoms with Crippen LogP contribution in [0.2, 0.25) is 0 Å². The molecule has 0 aromatic heterocycles. The quantitative estimate of drug-likeness (QED) is 0.504. The van der Waals surface area contributed by atoms with E-state index < -0.39 is 24.0 Å². The van der Waals surface area contributed by atoms with E-state index in [0.717, 1.165) is 0 Å². The Morgan fingerprint density at radius 3 is 2.45 bits per heavy atom. The normalized spacial score (nSPS) is 22.4. The summed E-state index contributed by atoms with van der Waals surface area (Å²) >= 11 is 0. The first kappa shape index (κ1) is 16.2. The number of amides is 2. The Balaban J connectivity index is 2.28. The largest absolute Gasteiger partial charge is 0.481 e. The Morgan fingerprint density at radius 2 is 1.95 bits per heavy atom. The Morgan fingerprint density at radius 1 is 1.30 bits per heavy atom. The van der Waals surface area contributed by atoms with Gasteiger partial charge in [-0.15, -0.1) is 0 Å². The van der Waals surface area contributed by atoms with E-state index in [1.807, 2.05) is 6.92 Å². The Hall–Kier alpha value is -1.83. The molecule has 0 aliphatic heterocycles. The second-order valence-corrected chi connectivity index (χ2v) is 4.69. The van der Waals surface area contributed by atoms with Crippen molar-refractivity contribution in [1.82, 2.24) is 10.6 Å². The molecular weight excluding hydrogens is 268 g/mol. The lowest BCUT2D eigenvalue weighted by atomic mass is 9.89. The molecule has 0 spiro atoms. The van der Waals surface area contributed by atoms with Crippen molar-refractivity contribution in [3.05, 3.63) is 0 Å². The van der Waals surface area contributed by atoms with Crippen LogP contribution in [0.15, 0.2) is 0 Å². The molecule has 0 bridgehead atoms. The standard InChI is InChI=1S/C12H20N2O6/c1-2-20-8-5-7(6-8)13-12(19)14-9(11(17)18)3-4-10(15)16/h7-9H,2-6H2,1H3,(H,15,16)(H,17,18)(H2,13,14,19). The highest BCUT2D eigenvalue weighted by atomic mass is 16.5. The van der Waals surface area contributed by atoms with E-state index in [1.54, 1.807) is 0 Å². The van der Waals surface area contributed by atoms with Crippen LogP contribution in [0.1, 0.15) is 32.6 Å². The van der Waals surface area contributed by atoms with Crippen LogP contribution in [-0.2, 0) is 14.3 Å². The molecule has 0 heterocycles. The van der Waals surface area contributed by atoms with E-state index in [0.29, 0.717) is 19.4 Å². The van der Waals surface area contributed by atoms with Gasteiger partial charge in [-0.05, 0) is 26.2 Å². The number of carboxylic acid groups (broad SMARTS) is 2. The van der Waals surface area contributed by atoms with Gasteiger partial charge in [0.15, 0.2) is 0 Å². The topological polar surface area (TPSA) is 125 Å². The molecule has 1 aliphatic carbocycles. The minimum atomic E-state index is -1.25. The fourth-order valence-corrected chi connectivity index (χ4v) is 1.97. The molecule has 1 fully saturated rings. The second-order valence-electron chi connectivity index (χ2n) is 4.69. The third kappa shape index (κ3) is 5.43. The maximum absolute atomic E-state index is 11.6. The lowest BCUT2D eigenvalue weighted by Gasteiger charge is -2.35. The van der Waals surface area contributed by atoms with Gasteiger partial charge in [-0.2, -0.15) is 0 Å². The number of nitrogens with one attached hydrogen (secondary N) is 2. The molecule has 8 nitrogen and oxygen atoms in total. The third-order valence-corrected chi connectivity index (χ3v) is 3.08.